The van der Waals surface area contributed by atoms with E-state index in [4.69, 9.17) is 0 Å². The first-order chi connectivity index (χ1) is 11.5. The Labute approximate surface area is 146 Å². The van der Waals surface area contributed by atoms with Gasteiger partial charge in [-0.1, -0.05) is 12.1 Å². The number of likely N-dealkylation sites (tertiary alicyclic amines) is 1. The van der Waals surface area contributed by atoms with Gasteiger partial charge < -0.3 is 15.3 Å². The molecule has 2 rings (SSSR count). The molecule has 4 nitrogen and oxygen atoms in total. The first-order valence-corrected chi connectivity index (χ1v) is 8.44. The number of carbonyl (C=O) groups is 1. The molecule has 0 saturated carbocycles. The Kier molecular flexibility index (Phi) is 5.54. The van der Waals surface area contributed by atoms with Crippen molar-refractivity contribution in [2.24, 2.45) is 5.92 Å². The standard InChI is InChI=1S/C18H25F3N2O2/c1-12(4-5-13-6-8-14(24)9-7-13)22-16(25)23-11-10-15(17(23,2)3)18(19,20)21/h6-9,12,15,24H,4-5,10-11H2,1-3H3,(H,22,25). The van der Waals surface area contributed by atoms with Gasteiger partial charge in [-0.2, -0.15) is 13.2 Å². The molecule has 1 aliphatic rings. The maximum atomic E-state index is 13.1. The Bertz CT molecular complexity index is 599. The predicted molar refractivity (Wildman–Crippen MR) is 89.4 cm³/mol. The average Bonchev–Trinajstić information content (AvgIpc) is 2.81. The van der Waals surface area contributed by atoms with Gasteiger partial charge in [-0.25, -0.2) is 4.79 Å². The van der Waals surface area contributed by atoms with E-state index >= 15 is 0 Å². The number of alkyl halides is 3. The smallest absolute Gasteiger partial charge is 0.394 e. The molecular formula is C18H25F3N2O2. The highest BCUT2D eigenvalue weighted by atomic mass is 19.4. The quantitative estimate of drug-likeness (QED) is 0.852. The van der Waals surface area contributed by atoms with Gasteiger partial charge in [0.15, 0.2) is 0 Å². The Balaban J connectivity index is 1.89. The summed E-state index contributed by atoms with van der Waals surface area (Å²) in [4.78, 5) is 13.7. The van der Waals surface area contributed by atoms with E-state index in [1.807, 2.05) is 6.92 Å². The molecule has 2 unspecified atom stereocenters. The third kappa shape index (κ3) is 4.58. The fourth-order valence-corrected chi connectivity index (χ4v) is 3.42. The topological polar surface area (TPSA) is 52.6 Å². The van der Waals surface area contributed by atoms with Crippen LogP contribution in [0.3, 0.4) is 0 Å². The summed E-state index contributed by atoms with van der Waals surface area (Å²) in [5.74, 6) is -1.31. The molecule has 0 aliphatic carbocycles. The Morgan fingerprint density at radius 2 is 1.96 bits per heavy atom. The van der Waals surface area contributed by atoms with Gasteiger partial charge in [-0.05, 0) is 57.7 Å². The largest absolute Gasteiger partial charge is 0.508 e. The maximum absolute atomic E-state index is 13.1. The minimum atomic E-state index is -4.30. The van der Waals surface area contributed by atoms with Crippen molar-refractivity contribution < 1.29 is 23.1 Å². The van der Waals surface area contributed by atoms with Crippen LogP contribution in [0, 0.1) is 5.92 Å². The number of phenols is 1. The summed E-state index contributed by atoms with van der Waals surface area (Å²) >= 11 is 0. The second kappa shape index (κ2) is 7.14. The Morgan fingerprint density at radius 3 is 2.48 bits per heavy atom. The highest BCUT2D eigenvalue weighted by molar-refractivity contribution is 5.75. The fraction of sp³-hybridized carbons (Fsp3) is 0.611. The molecular weight excluding hydrogens is 333 g/mol. The lowest BCUT2D eigenvalue weighted by Gasteiger charge is -2.37. The van der Waals surface area contributed by atoms with Gasteiger partial charge in [-0.15, -0.1) is 0 Å². The highest BCUT2D eigenvalue weighted by Crippen LogP contribution is 2.44. The molecule has 2 atom stereocenters. The van der Waals surface area contributed by atoms with Gasteiger partial charge in [0.1, 0.15) is 5.75 Å². The molecule has 140 valence electrons. The van der Waals surface area contributed by atoms with E-state index in [1.165, 1.54) is 18.7 Å². The van der Waals surface area contributed by atoms with Gasteiger partial charge in [0.05, 0.1) is 11.5 Å². The number of halogens is 3. The summed E-state index contributed by atoms with van der Waals surface area (Å²) in [6.07, 6.45) is -3.00. The minimum absolute atomic E-state index is 0.0637. The Morgan fingerprint density at radius 1 is 1.36 bits per heavy atom. The van der Waals surface area contributed by atoms with Gasteiger partial charge >= 0.3 is 12.2 Å². The number of nitrogens with zero attached hydrogens (tertiary/aromatic N) is 1. The van der Waals surface area contributed by atoms with Crippen LogP contribution in [-0.2, 0) is 6.42 Å². The zero-order valence-electron chi connectivity index (χ0n) is 14.7. The third-order valence-electron chi connectivity index (χ3n) is 5.00. The van der Waals surface area contributed by atoms with Crippen LogP contribution < -0.4 is 5.32 Å². The number of phenolic OH excluding ortho intramolecular Hbond substituents is 1. The lowest BCUT2D eigenvalue weighted by molar-refractivity contribution is -0.189. The van der Waals surface area contributed by atoms with Gasteiger partial charge in [-0.3, -0.25) is 0 Å². The molecule has 0 bridgehead atoms. The van der Waals surface area contributed by atoms with Crippen LogP contribution in [0.4, 0.5) is 18.0 Å². The summed E-state index contributed by atoms with van der Waals surface area (Å²) in [5.41, 5.74) is -0.225. The zero-order chi connectivity index (χ0) is 18.8. The highest BCUT2D eigenvalue weighted by Gasteiger charge is 2.56. The van der Waals surface area contributed by atoms with Crippen molar-refractivity contribution in [1.29, 1.82) is 0 Å². The molecule has 0 radical (unpaired) electrons. The third-order valence-corrected chi connectivity index (χ3v) is 5.00. The molecule has 7 heteroatoms. The molecule has 2 amide bonds. The summed E-state index contributed by atoms with van der Waals surface area (Å²) in [6, 6.07) is 6.20. The summed E-state index contributed by atoms with van der Waals surface area (Å²) < 4.78 is 39.3. The van der Waals surface area contributed by atoms with Crippen LogP contribution in [0.5, 0.6) is 5.75 Å². The lowest BCUT2D eigenvalue weighted by atomic mass is 9.88. The van der Waals surface area contributed by atoms with Gasteiger partial charge in [0.25, 0.3) is 0 Å². The molecule has 1 saturated heterocycles. The van der Waals surface area contributed by atoms with E-state index in [0.717, 1.165) is 5.56 Å². The predicted octanol–water partition coefficient (Wildman–Crippen LogP) is 4.09. The number of rotatable bonds is 4. The van der Waals surface area contributed by atoms with Crippen molar-refractivity contribution in [3.8, 4) is 5.75 Å². The normalized spacial score (nSPS) is 21.2. The van der Waals surface area contributed by atoms with Gasteiger partial charge in [0, 0.05) is 12.6 Å². The maximum Gasteiger partial charge on any atom is 0.394 e. The summed E-state index contributed by atoms with van der Waals surface area (Å²) in [7, 11) is 0. The molecule has 2 N–H and O–H groups in total. The van der Waals surface area contributed by atoms with E-state index in [1.54, 1.807) is 24.3 Å². The van der Waals surface area contributed by atoms with Gasteiger partial charge in [0.2, 0.25) is 0 Å². The van der Waals surface area contributed by atoms with Crippen LogP contribution in [0.25, 0.3) is 0 Å². The number of urea groups is 1. The van der Waals surface area contributed by atoms with Crippen molar-refractivity contribution >= 4 is 6.03 Å². The van der Waals surface area contributed by atoms with Crippen molar-refractivity contribution in [3.05, 3.63) is 29.8 Å². The number of hydrogen-bond acceptors (Lipinski definition) is 2. The van der Waals surface area contributed by atoms with E-state index in [0.29, 0.717) is 12.8 Å². The number of amides is 2. The summed E-state index contributed by atoms with van der Waals surface area (Å²) in [5, 5.41) is 12.1. The molecule has 1 aliphatic heterocycles. The number of nitrogens with one attached hydrogen (secondary N) is 1. The second-order valence-electron chi connectivity index (χ2n) is 7.24. The number of carbonyl (C=O) groups excluding carboxylic acids is 1. The van der Waals surface area contributed by atoms with Crippen molar-refractivity contribution in [1.82, 2.24) is 10.2 Å². The molecule has 0 spiro atoms. The molecule has 1 heterocycles. The number of benzene rings is 1. The van der Waals surface area contributed by atoms with Crippen LogP contribution in [-0.4, -0.2) is 40.3 Å². The first-order valence-electron chi connectivity index (χ1n) is 8.44. The monoisotopic (exact) mass is 358 g/mol. The molecule has 0 aromatic heterocycles. The molecule has 1 fully saturated rings. The first kappa shape index (κ1) is 19.4. The van der Waals surface area contributed by atoms with Crippen LogP contribution in [0.1, 0.15) is 39.2 Å². The fourth-order valence-electron chi connectivity index (χ4n) is 3.42. The number of aromatic hydroxyl groups is 1. The van der Waals surface area contributed by atoms with E-state index in [-0.39, 0.29) is 24.8 Å². The minimum Gasteiger partial charge on any atom is -0.508 e. The van der Waals surface area contributed by atoms with Crippen LogP contribution in [0.2, 0.25) is 0 Å². The van der Waals surface area contributed by atoms with E-state index < -0.39 is 23.7 Å². The van der Waals surface area contributed by atoms with E-state index in [9.17, 15) is 23.1 Å². The zero-order valence-corrected chi connectivity index (χ0v) is 14.7. The van der Waals surface area contributed by atoms with Crippen molar-refractivity contribution in [3.63, 3.8) is 0 Å². The second-order valence-corrected chi connectivity index (χ2v) is 7.24. The van der Waals surface area contributed by atoms with Crippen LogP contribution in [0.15, 0.2) is 24.3 Å². The lowest BCUT2D eigenvalue weighted by Crippen LogP contribution is -2.54. The summed E-state index contributed by atoms with van der Waals surface area (Å²) in [6.45, 7) is 4.88. The number of aryl methyl sites for hydroxylation is 1. The van der Waals surface area contributed by atoms with Crippen molar-refractivity contribution in [2.75, 3.05) is 6.54 Å². The Hall–Kier alpha value is -1.92. The molecule has 1 aromatic carbocycles. The van der Waals surface area contributed by atoms with E-state index in [2.05, 4.69) is 5.32 Å². The molecule has 25 heavy (non-hydrogen) atoms. The number of hydrogen-bond donors (Lipinski definition) is 2. The van der Waals surface area contributed by atoms with Crippen LogP contribution >= 0.6 is 0 Å². The van der Waals surface area contributed by atoms with Crippen molar-refractivity contribution in [2.45, 2.75) is 57.8 Å². The SMILES string of the molecule is CC(CCc1ccc(O)cc1)NC(=O)N1CCC(C(F)(F)F)C1(C)C. The molecule has 1 aromatic rings. The average molecular weight is 358 g/mol.